The second kappa shape index (κ2) is 3.40. The molecular formula is C7H5Cl2NO3. The maximum atomic E-state index is 11.2. The number of carboxylic acids is 1. The van der Waals surface area contributed by atoms with Crippen molar-refractivity contribution in [3.05, 3.63) is 31.7 Å². The van der Waals surface area contributed by atoms with Crippen molar-refractivity contribution in [2.45, 2.75) is 6.92 Å². The summed E-state index contributed by atoms with van der Waals surface area (Å²) in [4.78, 5) is 24.3. The average molecular weight is 222 g/mol. The van der Waals surface area contributed by atoms with Gasteiger partial charge in [0.25, 0.3) is 0 Å². The number of hydrogen-bond acceptors (Lipinski definition) is 2. The number of nitrogens with one attached hydrogen (secondary N) is 1. The van der Waals surface area contributed by atoms with Gasteiger partial charge in [-0.1, -0.05) is 23.2 Å². The van der Waals surface area contributed by atoms with Gasteiger partial charge in [-0.3, -0.25) is 4.79 Å². The lowest BCUT2D eigenvalue weighted by atomic mass is 10.2. The lowest BCUT2D eigenvalue weighted by molar-refractivity contribution is 0.0694. The number of pyridine rings is 1. The standard InChI is InChI=1S/C7H5Cl2NO3/c1-2-3(7(12)13)5(11)4(8)6(9)10-2/h1H3,(H,10,11)(H,12,13). The minimum Gasteiger partial charge on any atom is -0.477 e. The Morgan fingerprint density at radius 2 is 2.00 bits per heavy atom. The van der Waals surface area contributed by atoms with Gasteiger partial charge >= 0.3 is 5.97 Å². The van der Waals surface area contributed by atoms with Gasteiger partial charge in [0.2, 0.25) is 5.43 Å². The van der Waals surface area contributed by atoms with Crippen LogP contribution in [0.4, 0.5) is 0 Å². The highest BCUT2D eigenvalue weighted by Gasteiger charge is 2.17. The quantitative estimate of drug-likeness (QED) is 0.710. The van der Waals surface area contributed by atoms with Crippen LogP contribution in [-0.4, -0.2) is 16.1 Å². The van der Waals surface area contributed by atoms with E-state index in [1.165, 1.54) is 6.92 Å². The fourth-order valence-corrected chi connectivity index (χ4v) is 1.29. The van der Waals surface area contributed by atoms with Gasteiger partial charge < -0.3 is 10.1 Å². The molecule has 1 aromatic rings. The molecule has 0 atom stereocenters. The topological polar surface area (TPSA) is 70.2 Å². The van der Waals surface area contributed by atoms with Crippen LogP contribution in [-0.2, 0) is 0 Å². The minimum absolute atomic E-state index is 0.0471. The summed E-state index contributed by atoms with van der Waals surface area (Å²) in [7, 11) is 0. The zero-order chi connectivity index (χ0) is 10.2. The molecule has 1 rings (SSSR count). The van der Waals surface area contributed by atoms with E-state index in [4.69, 9.17) is 28.3 Å². The number of aromatic amines is 1. The van der Waals surface area contributed by atoms with E-state index in [1.807, 2.05) is 0 Å². The predicted octanol–water partition coefficient (Wildman–Crippen LogP) is 1.69. The molecule has 0 spiro atoms. The van der Waals surface area contributed by atoms with E-state index >= 15 is 0 Å². The summed E-state index contributed by atoms with van der Waals surface area (Å²) in [6.45, 7) is 1.44. The fraction of sp³-hybridized carbons (Fsp3) is 0.143. The number of carbonyl (C=O) groups is 1. The molecule has 0 saturated heterocycles. The fourth-order valence-electron chi connectivity index (χ4n) is 0.919. The molecule has 0 saturated carbocycles. The summed E-state index contributed by atoms with van der Waals surface area (Å²) >= 11 is 11.0. The Bertz CT molecular complexity index is 424. The second-order valence-electron chi connectivity index (χ2n) is 2.39. The lowest BCUT2D eigenvalue weighted by Crippen LogP contribution is -2.18. The van der Waals surface area contributed by atoms with Crippen molar-refractivity contribution < 1.29 is 9.90 Å². The Kier molecular flexibility index (Phi) is 2.63. The SMILES string of the molecule is Cc1[nH]c(Cl)c(Cl)c(=O)c1C(=O)O. The Morgan fingerprint density at radius 3 is 2.46 bits per heavy atom. The Labute approximate surface area is 83.1 Å². The molecule has 0 aliphatic heterocycles. The van der Waals surface area contributed by atoms with Crippen LogP contribution in [0.2, 0.25) is 10.2 Å². The van der Waals surface area contributed by atoms with E-state index in [9.17, 15) is 9.59 Å². The van der Waals surface area contributed by atoms with Gasteiger partial charge in [0.15, 0.2) is 0 Å². The summed E-state index contributed by atoms with van der Waals surface area (Å²) in [6.07, 6.45) is 0. The van der Waals surface area contributed by atoms with E-state index in [0.717, 1.165) is 0 Å². The van der Waals surface area contributed by atoms with Crippen molar-refractivity contribution in [2.75, 3.05) is 0 Å². The first kappa shape index (κ1) is 10.1. The van der Waals surface area contributed by atoms with Gasteiger partial charge in [0.1, 0.15) is 15.7 Å². The van der Waals surface area contributed by atoms with Gasteiger partial charge in [-0.05, 0) is 6.92 Å². The number of aromatic nitrogens is 1. The summed E-state index contributed by atoms with van der Waals surface area (Å²) in [5, 5.41) is 8.29. The number of halogens is 2. The summed E-state index contributed by atoms with van der Waals surface area (Å²) < 4.78 is 0. The number of aryl methyl sites for hydroxylation is 1. The molecule has 0 fully saturated rings. The monoisotopic (exact) mass is 221 g/mol. The molecule has 6 heteroatoms. The Hall–Kier alpha value is -1.00. The van der Waals surface area contributed by atoms with Crippen LogP contribution in [0.15, 0.2) is 4.79 Å². The van der Waals surface area contributed by atoms with Crippen LogP contribution in [0.5, 0.6) is 0 Å². The van der Waals surface area contributed by atoms with Crippen molar-refractivity contribution in [3.8, 4) is 0 Å². The van der Waals surface area contributed by atoms with Gasteiger partial charge in [-0.25, -0.2) is 4.79 Å². The summed E-state index contributed by atoms with van der Waals surface area (Å²) in [5.41, 5.74) is -0.961. The third-order valence-electron chi connectivity index (χ3n) is 1.51. The van der Waals surface area contributed by atoms with E-state index in [1.54, 1.807) is 0 Å². The Morgan fingerprint density at radius 1 is 1.46 bits per heavy atom. The summed E-state index contributed by atoms with van der Waals surface area (Å²) in [5.74, 6) is -1.32. The molecule has 13 heavy (non-hydrogen) atoms. The first-order valence-corrected chi connectivity index (χ1v) is 4.02. The molecule has 4 nitrogen and oxygen atoms in total. The van der Waals surface area contributed by atoms with Crippen LogP contribution < -0.4 is 5.43 Å². The highest BCUT2D eigenvalue weighted by Crippen LogP contribution is 2.16. The largest absolute Gasteiger partial charge is 0.477 e. The average Bonchev–Trinajstić information content (AvgIpc) is 1.99. The zero-order valence-electron chi connectivity index (χ0n) is 6.52. The van der Waals surface area contributed by atoms with Gasteiger partial charge in [0.05, 0.1) is 0 Å². The number of rotatable bonds is 1. The maximum Gasteiger partial charge on any atom is 0.341 e. The third-order valence-corrected chi connectivity index (χ3v) is 2.25. The molecule has 70 valence electrons. The number of H-pyrrole nitrogens is 1. The van der Waals surface area contributed by atoms with Crippen molar-refractivity contribution >= 4 is 29.2 Å². The summed E-state index contributed by atoms with van der Waals surface area (Å²) in [6, 6.07) is 0. The van der Waals surface area contributed by atoms with Crippen LogP contribution >= 0.6 is 23.2 Å². The minimum atomic E-state index is -1.32. The van der Waals surface area contributed by atoms with Crippen LogP contribution in [0.25, 0.3) is 0 Å². The number of hydrogen-bond donors (Lipinski definition) is 2. The molecule has 1 heterocycles. The lowest BCUT2D eigenvalue weighted by Gasteiger charge is -2.02. The van der Waals surface area contributed by atoms with Crippen molar-refractivity contribution in [2.24, 2.45) is 0 Å². The maximum absolute atomic E-state index is 11.2. The third kappa shape index (κ3) is 1.68. The van der Waals surface area contributed by atoms with Gasteiger partial charge in [-0.15, -0.1) is 0 Å². The van der Waals surface area contributed by atoms with Crippen molar-refractivity contribution in [3.63, 3.8) is 0 Å². The Balaban J connectivity index is 3.63. The highest BCUT2D eigenvalue weighted by atomic mass is 35.5. The molecular weight excluding hydrogens is 217 g/mol. The van der Waals surface area contributed by atoms with Crippen LogP contribution in [0.3, 0.4) is 0 Å². The molecule has 1 aromatic heterocycles. The molecule has 0 amide bonds. The van der Waals surface area contributed by atoms with Gasteiger partial charge in [-0.2, -0.15) is 0 Å². The molecule has 2 N–H and O–H groups in total. The predicted molar refractivity (Wildman–Crippen MR) is 48.8 cm³/mol. The van der Waals surface area contributed by atoms with Crippen molar-refractivity contribution in [1.29, 1.82) is 0 Å². The molecule has 0 radical (unpaired) electrons. The first-order chi connectivity index (χ1) is 5.95. The van der Waals surface area contributed by atoms with Crippen molar-refractivity contribution in [1.82, 2.24) is 4.98 Å². The second-order valence-corrected chi connectivity index (χ2v) is 3.14. The molecule has 0 unspecified atom stereocenters. The number of carboxylic acid groups (broad SMARTS) is 1. The van der Waals surface area contributed by atoms with E-state index in [-0.39, 0.29) is 21.4 Å². The molecule has 0 aromatic carbocycles. The van der Waals surface area contributed by atoms with E-state index in [0.29, 0.717) is 0 Å². The van der Waals surface area contributed by atoms with Crippen LogP contribution in [0, 0.1) is 6.92 Å². The normalized spacial score (nSPS) is 10.1. The first-order valence-electron chi connectivity index (χ1n) is 3.26. The number of aromatic carboxylic acids is 1. The zero-order valence-corrected chi connectivity index (χ0v) is 8.03. The van der Waals surface area contributed by atoms with E-state index in [2.05, 4.69) is 4.98 Å². The molecule has 0 aliphatic carbocycles. The highest BCUT2D eigenvalue weighted by molar-refractivity contribution is 6.41. The van der Waals surface area contributed by atoms with Gasteiger partial charge in [0, 0.05) is 5.69 Å². The molecule has 0 aliphatic rings. The van der Waals surface area contributed by atoms with Crippen LogP contribution in [0.1, 0.15) is 16.1 Å². The van der Waals surface area contributed by atoms with E-state index < -0.39 is 11.4 Å². The molecule has 0 bridgehead atoms. The smallest absolute Gasteiger partial charge is 0.341 e.